The van der Waals surface area contributed by atoms with Gasteiger partial charge in [-0.15, -0.1) is 0 Å². The number of hydrogen-bond donors (Lipinski definition) is 1. The third-order valence-electron chi connectivity index (χ3n) is 2.12. The van der Waals surface area contributed by atoms with E-state index in [1.807, 2.05) is 0 Å². The summed E-state index contributed by atoms with van der Waals surface area (Å²) < 4.78 is 1.09. The van der Waals surface area contributed by atoms with Crippen LogP contribution in [0.25, 0.3) is 0 Å². The third-order valence-corrected chi connectivity index (χ3v) is 3.25. The lowest BCUT2D eigenvalue weighted by Gasteiger charge is -2.32. The number of likely N-dealkylation sites (tertiary alicyclic amines) is 1. The zero-order valence-corrected chi connectivity index (χ0v) is 8.41. The summed E-state index contributed by atoms with van der Waals surface area (Å²) in [5.41, 5.74) is 0. The van der Waals surface area contributed by atoms with Crippen molar-refractivity contribution >= 4 is 22.6 Å². The Morgan fingerprint density at radius 2 is 2.40 bits per heavy atom. The summed E-state index contributed by atoms with van der Waals surface area (Å²) in [5, 5.41) is 9.49. The highest BCUT2D eigenvalue weighted by Gasteiger charge is 2.24. The van der Waals surface area contributed by atoms with E-state index < -0.39 is 0 Å². The fourth-order valence-electron chi connectivity index (χ4n) is 1.32. The van der Waals surface area contributed by atoms with Gasteiger partial charge < -0.3 is 10.0 Å². The Kier molecular flexibility index (Phi) is 3.39. The van der Waals surface area contributed by atoms with Gasteiger partial charge in [0.1, 0.15) is 0 Å². The van der Waals surface area contributed by atoms with E-state index in [2.05, 4.69) is 34.5 Å². The van der Waals surface area contributed by atoms with Crippen LogP contribution in [0.3, 0.4) is 0 Å². The highest BCUT2D eigenvalue weighted by molar-refractivity contribution is 14.1. The molecule has 2 atom stereocenters. The lowest BCUT2D eigenvalue weighted by molar-refractivity contribution is 0.0436. The number of hydrogen-bond acceptors (Lipinski definition) is 2. The first-order valence-electron chi connectivity index (χ1n) is 3.66. The van der Waals surface area contributed by atoms with Crippen LogP contribution in [-0.4, -0.2) is 40.7 Å². The van der Waals surface area contributed by atoms with Crippen LogP contribution < -0.4 is 0 Å². The maximum atomic E-state index is 9.49. The quantitative estimate of drug-likeness (QED) is 0.551. The van der Waals surface area contributed by atoms with Crippen molar-refractivity contribution in [2.45, 2.75) is 12.5 Å². The van der Waals surface area contributed by atoms with Crippen molar-refractivity contribution in [3.8, 4) is 0 Å². The van der Waals surface area contributed by atoms with Crippen molar-refractivity contribution < 1.29 is 5.11 Å². The summed E-state index contributed by atoms with van der Waals surface area (Å²) in [5.74, 6) is 0.539. The lowest BCUT2D eigenvalue weighted by atomic mass is 9.97. The van der Waals surface area contributed by atoms with Crippen molar-refractivity contribution in [3.05, 3.63) is 0 Å². The Balaban J connectivity index is 2.36. The molecule has 0 aliphatic carbocycles. The molecule has 0 bridgehead atoms. The van der Waals surface area contributed by atoms with Crippen molar-refractivity contribution in [1.29, 1.82) is 0 Å². The topological polar surface area (TPSA) is 23.5 Å². The summed E-state index contributed by atoms with van der Waals surface area (Å²) in [6, 6.07) is 0. The molecule has 0 unspecified atom stereocenters. The predicted molar refractivity (Wildman–Crippen MR) is 50.5 cm³/mol. The number of alkyl halides is 1. The monoisotopic (exact) mass is 255 g/mol. The van der Waals surface area contributed by atoms with E-state index in [0.717, 1.165) is 23.9 Å². The van der Waals surface area contributed by atoms with E-state index in [1.165, 1.54) is 0 Å². The van der Waals surface area contributed by atoms with Gasteiger partial charge in [-0.25, -0.2) is 0 Å². The van der Waals surface area contributed by atoms with Gasteiger partial charge in [-0.2, -0.15) is 0 Å². The highest BCUT2D eigenvalue weighted by Crippen LogP contribution is 2.18. The number of likely N-dealkylation sites (N-methyl/N-ethyl adjacent to an activating group) is 1. The summed E-state index contributed by atoms with van der Waals surface area (Å²) in [6.07, 6.45) is 1.07. The van der Waals surface area contributed by atoms with Gasteiger partial charge in [0.2, 0.25) is 0 Å². The van der Waals surface area contributed by atoms with Crippen LogP contribution in [0.1, 0.15) is 6.42 Å². The van der Waals surface area contributed by atoms with E-state index in [9.17, 15) is 5.11 Å². The van der Waals surface area contributed by atoms with E-state index in [1.54, 1.807) is 0 Å². The molecular weight excluding hydrogens is 241 g/mol. The van der Waals surface area contributed by atoms with Crippen LogP contribution in [0.2, 0.25) is 0 Å². The Labute approximate surface area is 75.7 Å². The second-order valence-corrected chi connectivity index (χ2v) is 3.91. The van der Waals surface area contributed by atoms with Crippen molar-refractivity contribution in [2.24, 2.45) is 5.92 Å². The molecule has 1 saturated heterocycles. The number of aliphatic hydroxyl groups excluding tert-OH is 1. The second-order valence-electron chi connectivity index (χ2n) is 3.03. The van der Waals surface area contributed by atoms with Crippen LogP contribution in [0.5, 0.6) is 0 Å². The maximum absolute atomic E-state index is 9.49. The summed E-state index contributed by atoms with van der Waals surface area (Å²) in [4.78, 5) is 2.19. The number of piperidine rings is 1. The Morgan fingerprint density at radius 1 is 1.70 bits per heavy atom. The minimum Gasteiger partial charge on any atom is -0.391 e. The molecule has 0 amide bonds. The Bertz CT molecular complexity index is 110. The molecule has 10 heavy (non-hydrogen) atoms. The summed E-state index contributed by atoms with van der Waals surface area (Å²) >= 11 is 2.35. The van der Waals surface area contributed by atoms with E-state index in [4.69, 9.17) is 0 Å². The lowest BCUT2D eigenvalue weighted by Crippen LogP contribution is -2.42. The van der Waals surface area contributed by atoms with Crippen molar-refractivity contribution in [1.82, 2.24) is 4.90 Å². The summed E-state index contributed by atoms with van der Waals surface area (Å²) in [6.45, 7) is 2.00. The minimum absolute atomic E-state index is 0.0874. The first-order valence-corrected chi connectivity index (χ1v) is 5.19. The predicted octanol–water partition coefficient (Wildman–Crippen LogP) is 0.734. The zero-order valence-electron chi connectivity index (χ0n) is 6.26. The average Bonchev–Trinajstić information content (AvgIpc) is 1.88. The minimum atomic E-state index is -0.0874. The molecule has 0 aromatic carbocycles. The molecule has 2 nitrogen and oxygen atoms in total. The van der Waals surface area contributed by atoms with Crippen molar-refractivity contribution in [2.75, 3.05) is 24.6 Å². The first-order chi connectivity index (χ1) is 4.74. The second kappa shape index (κ2) is 3.88. The molecule has 1 heterocycles. The van der Waals surface area contributed by atoms with Gasteiger partial charge in [0.25, 0.3) is 0 Å². The van der Waals surface area contributed by atoms with E-state index in [-0.39, 0.29) is 6.10 Å². The molecule has 60 valence electrons. The number of nitrogens with zero attached hydrogens (tertiary/aromatic N) is 1. The SMILES string of the molecule is CN1CC[C@@H](CI)[C@H](O)C1. The van der Waals surface area contributed by atoms with Gasteiger partial charge in [-0.1, -0.05) is 22.6 Å². The van der Waals surface area contributed by atoms with Gasteiger partial charge in [0.15, 0.2) is 0 Å². The smallest absolute Gasteiger partial charge is 0.0702 e. The van der Waals surface area contributed by atoms with Crippen LogP contribution in [0.4, 0.5) is 0 Å². The molecule has 0 spiro atoms. The summed E-state index contributed by atoms with van der Waals surface area (Å²) in [7, 11) is 2.06. The standard InChI is InChI=1S/C7H14INO/c1-9-3-2-6(4-8)7(10)5-9/h6-7,10H,2-5H2,1H3/t6-,7+/m0/s1. The van der Waals surface area contributed by atoms with E-state index >= 15 is 0 Å². The molecule has 1 rings (SSSR count). The van der Waals surface area contributed by atoms with Crippen LogP contribution in [0.15, 0.2) is 0 Å². The number of β-amino-alcohol motifs (C(OH)–C–C–N with tert-alkyl or cyclic N) is 1. The number of aliphatic hydroxyl groups is 1. The molecule has 0 aromatic heterocycles. The van der Waals surface area contributed by atoms with Gasteiger partial charge in [0, 0.05) is 11.0 Å². The van der Waals surface area contributed by atoms with Gasteiger partial charge in [0.05, 0.1) is 6.10 Å². The normalized spacial score (nSPS) is 36.3. The fourth-order valence-corrected chi connectivity index (χ4v) is 2.35. The van der Waals surface area contributed by atoms with Gasteiger partial charge in [-0.05, 0) is 25.9 Å². The molecule has 3 heteroatoms. The van der Waals surface area contributed by atoms with Crippen LogP contribution >= 0.6 is 22.6 Å². The Hall–Kier alpha value is 0.650. The Morgan fingerprint density at radius 3 is 2.90 bits per heavy atom. The van der Waals surface area contributed by atoms with E-state index in [0.29, 0.717) is 5.92 Å². The number of rotatable bonds is 1. The molecule has 0 radical (unpaired) electrons. The molecule has 1 aliphatic rings. The van der Waals surface area contributed by atoms with Crippen LogP contribution in [-0.2, 0) is 0 Å². The first kappa shape index (κ1) is 8.74. The molecule has 0 saturated carbocycles. The number of halogens is 1. The zero-order chi connectivity index (χ0) is 7.56. The third kappa shape index (κ3) is 2.07. The molecular formula is C7H14INO. The molecule has 1 N–H and O–H groups in total. The maximum Gasteiger partial charge on any atom is 0.0702 e. The fraction of sp³-hybridized carbons (Fsp3) is 1.00. The van der Waals surface area contributed by atoms with Crippen molar-refractivity contribution in [3.63, 3.8) is 0 Å². The van der Waals surface area contributed by atoms with Gasteiger partial charge >= 0.3 is 0 Å². The largest absolute Gasteiger partial charge is 0.391 e. The molecule has 1 aliphatic heterocycles. The average molecular weight is 255 g/mol. The molecule has 0 aromatic rings. The van der Waals surface area contributed by atoms with Gasteiger partial charge in [-0.3, -0.25) is 0 Å². The molecule has 1 fully saturated rings. The highest BCUT2D eigenvalue weighted by atomic mass is 127. The van der Waals surface area contributed by atoms with Crippen LogP contribution in [0, 0.1) is 5.92 Å².